The number of benzene rings is 3. The van der Waals surface area contributed by atoms with Crippen molar-refractivity contribution in [3.63, 3.8) is 0 Å². The molecule has 1 aliphatic rings. The number of para-hydroxylation sites is 1. The monoisotopic (exact) mass is 490 g/mol. The van der Waals surface area contributed by atoms with Crippen LogP contribution >= 0.6 is 0 Å². The van der Waals surface area contributed by atoms with Crippen molar-refractivity contribution in [2.45, 2.75) is 6.61 Å². The highest BCUT2D eigenvalue weighted by atomic mass is 16.5. The first-order valence-electron chi connectivity index (χ1n) is 12.1. The molecule has 0 saturated carbocycles. The standard InChI is InChI=1S/C30H26N4O3/c31-20-25(30(35)33-15-17-36-18-16-33)19-26-21-34(27-9-5-2-6-10-27)32-29(26)24-11-13-28(14-12-24)37-22-23-7-3-1-4-8-23/h1-14,19,21H,15-18,22H2/b25-19-. The van der Waals surface area contributed by atoms with E-state index in [2.05, 4.69) is 6.07 Å². The molecule has 3 aromatic carbocycles. The summed E-state index contributed by atoms with van der Waals surface area (Å²) in [6.45, 7) is 2.36. The summed E-state index contributed by atoms with van der Waals surface area (Å²) >= 11 is 0. The van der Waals surface area contributed by atoms with E-state index >= 15 is 0 Å². The Kier molecular flexibility index (Phi) is 7.39. The van der Waals surface area contributed by atoms with E-state index in [0.29, 0.717) is 44.2 Å². The molecular weight excluding hydrogens is 464 g/mol. The van der Waals surface area contributed by atoms with Gasteiger partial charge in [-0.05, 0) is 48.0 Å². The number of amides is 1. The van der Waals surface area contributed by atoms with Gasteiger partial charge in [0.05, 0.1) is 24.6 Å². The normalized spacial score (nSPS) is 13.7. The molecule has 0 aliphatic carbocycles. The lowest BCUT2D eigenvalue weighted by atomic mass is 10.1. The lowest BCUT2D eigenvalue weighted by Crippen LogP contribution is -2.41. The van der Waals surface area contributed by atoms with Crippen LogP contribution in [0.2, 0.25) is 0 Å². The fraction of sp³-hybridized carbons (Fsp3) is 0.167. The number of hydrogen-bond acceptors (Lipinski definition) is 5. The number of nitriles is 1. The Morgan fingerprint density at radius 3 is 2.32 bits per heavy atom. The minimum absolute atomic E-state index is 0.0681. The predicted molar refractivity (Wildman–Crippen MR) is 141 cm³/mol. The minimum atomic E-state index is -0.297. The average Bonchev–Trinajstić information content (AvgIpc) is 3.40. The molecule has 0 bridgehead atoms. The summed E-state index contributed by atoms with van der Waals surface area (Å²) in [7, 11) is 0. The Balaban J connectivity index is 1.45. The Morgan fingerprint density at radius 1 is 0.973 bits per heavy atom. The van der Waals surface area contributed by atoms with Crippen LogP contribution in [0.3, 0.4) is 0 Å². The average molecular weight is 491 g/mol. The molecule has 1 saturated heterocycles. The summed E-state index contributed by atoms with van der Waals surface area (Å²) in [6, 6.07) is 29.5. The molecule has 184 valence electrons. The van der Waals surface area contributed by atoms with Gasteiger partial charge in [0.15, 0.2) is 0 Å². The van der Waals surface area contributed by atoms with Crippen LogP contribution in [-0.2, 0) is 16.1 Å². The second-order valence-electron chi connectivity index (χ2n) is 8.59. The maximum atomic E-state index is 13.0. The Morgan fingerprint density at radius 2 is 1.65 bits per heavy atom. The Labute approximate surface area is 215 Å². The third-order valence-corrected chi connectivity index (χ3v) is 6.09. The zero-order valence-corrected chi connectivity index (χ0v) is 20.3. The van der Waals surface area contributed by atoms with Gasteiger partial charge in [-0.1, -0.05) is 48.5 Å². The number of hydrogen-bond donors (Lipinski definition) is 0. The zero-order valence-electron chi connectivity index (χ0n) is 20.3. The fourth-order valence-corrected chi connectivity index (χ4v) is 4.11. The van der Waals surface area contributed by atoms with Gasteiger partial charge in [-0.3, -0.25) is 4.79 Å². The van der Waals surface area contributed by atoms with Crippen LogP contribution in [0.5, 0.6) is 5.75 Å². The molecule has 0 radical (unpaired) electrons. The second kappa shape index (κ2) is 11.4. The van der Waals surface area contributed by atoms with Crippen molar-refractivity contribution < 1.29 is 14.3 Å². The highest BCUT2D eigenvalue weighted by molar-refractivity contribution is 6.02. The number of nitrogens with zero attached hydrogens (tertiary/aromatic N) is 4. The van der Waals surface area contributed by atoms with Crippen molar-refractivity contribution in [3.05, 3.63) is 108 Å². The molecule has 2 heterocycles. The molecular formula is C30H26N4O3. The highest BCUT2D eigenvalue weighted by Crippen LogP contribution is 2.28. The number of ether oxygens (including phenoxy) is 2. The summed E-state index contributed by atoms with van der Waals surface area (Å²) in [5.74, 6) is 0.446. The molecule has 37 heavy (non-hydrogen) atoms. The van der Waals surface area contributed by atoms with E-state index in [1.54, 1.807) is 15.7 Å². The molecule has 0 atom stereocenters. The summed E-state index contributed by atoms with van der Waals surface area (Å²) in [6.07, 6.45) is 3.47. The maximum Gasteiger partial charge on any atom is 0.264 e. The van der Waals surface area contributed by atoms with Crippen LogP contribution in [0.25, 0.3) is 23.0 Å². The molecule has 1 aliphatic heterocycles. The van der Waals surface area contributed by atoms with Gasteiger partial charge in [0.2, 0.25) is 0 Å². The van der Waals surface area contributed by atoms with Gasteiger partial charge in [-0.15, -0.1) is 0 Å². The van der Waals surface area contributed by atoms with E-state index in [9.17, 15) is 10.1 Å². The van der Waals surface area contributed by atoms with Crippen molar-refractivity contribution in [3.8, 4) is 28.8 Å². The molecule has 0 N–H and O–H groups in total. The van der Waals surface area contributed by atoms with Gasteiger partial charge < -0.3 is 14.4 Å². The quantitative estimate of drug-likeness (QED) is 0.272. The summed E-state index contributed by atoms with van der Waals surface area (Å²) < 4.78 is 13.0. The molecule has 1 fully saturated rings. The van der Waals surface area contributed by atoms with E-state index < -0.39 is 0 Å². The van der Waals surface area contributed by atoms with E-state index in [4.69, 9.17) is 14.6 Å². The molecule has 4 aromatic rings. The summed E-state index contributed by atoms with van der Waals surface area (Å²) in [5, 5.41) is 14.6. The SMILES string of the molecule is N#C/C(=C/c1cn(-c2ccccc2)nc1-c1ccc(OCc2ccccc2)cc1)C(=O)N1CCOCC1. The van der Waals surface area contributed by atoms with Crippen molar-refractivity contribution in [2.75, 3.05) is 26.3 Å². The summed E-state index contributed by atoms with van der Waals surface area (Å²) in [5.41, 5.74) is 4.24. The van der Waals surface area contributed by atoms with Gasteiger partial charge in [0.1, 0.15) is 24.0 Å². The number of carbonyl (C=O) groups is 1. The zero-order chi connectivity index (χ0) is 25.5. The van der Waals surface area contributed by atoms with Crippen LogP contribution in [0.4, 0.5) is 0 Å². The molecule has 1 amide bonds. The molecule has 1 aromatic heterocycles. The molecule has 7 heteroatoms. The first-order valence-corrected chi connectivity index (χ1v) is 12.1. The molecule has 0 spiro atoms. The van der Waals surface area contributed by atoms with Gasteiger partial charge in [0, 0.05) is 30.4 Å². The van der Waals surface area contributed by atoms with Crippen LogP contribution in [0, 0.1) is 11.3 Å². The van der Waals surface area contributed by atoms with Crippen molar-refractivity contribution in [1.29, 1.82) is 5.26 Å². The lowest BCUT2D eigenvalue weighted by molar-refractivity contribution is -0.130. The second-order valence-corrected chi connectivity index (χ2v) is 8.59. The topological polar surface area (TPSA) is 80.4 Å². The largest absolute Gasteiger partial charge is 0.489 e. The molecule has 5 rings (SSSR count). The van der Waals surface area contributed by atoms with Crippen LogP contribution < -0.4 is 4.74 Å². The minimum Gasteiger partial charge on any atom is -0.489 e. The molecule has 0 unspecified atom stereocenters. The van der Waals surface area contributed by atoms with Crippen LogP contribution in [0.1, 0.15) is 11.1 Å². The molecule has 7 nitrogen and oxygen atoms in total. The number of carbonyl (C=O) groups excluding carboxylic acids is 1. The van der Waals surface area contributed by atoms with Crippen molar-refractivity contribution >= 4 is 12.0 Å². The van der Waals surface area contributed by atoms with E-state index in [0.717, 1.165) is 22.6 Å². The number of morpholine rings is 1. The lowest BCUT2D eigenvalue weighted by Gasteiger charge is -2.26. The predicted octanol–water partition coefficient (Wildman–Crippen LogP) is 4.88. The Hall–Kier alpha value is -4.67. The van der Waals surface area contributed by atoms with Crippen LogP contribution in [0.15, 0.2) is 96.7 Å². The van der Waals surface area contributed by atoms with E-state index in [1.807, 2.05) is 91.1 Å². The van der Waals surface area contributed by atoms with Gasteiger partial charge in [0.25, 0.3) is 5.91 Å². The smallest absolute Gasteiger partial charge is 0.264 e. The number of rotatable bonds is 7. The van der Waals surface area contributed by atoms with E-state index in [-0.39, 0.29) is 11.5 Å². The fourth-order valence-electron chi connectivity index (χ4n) is 4.11. The van der Waals surface area contributed by atoms with Crippen LogP contribution in [-0.4, -0.2) is 46.9 Å². The van der Waals surface area contributed by atoms with Gasteiger partial charge in [-0.25, -0.2) is 4.68 Å². The number of aromatic nitrogens is 2. The van der Waals surface area contributed by atoms with Crippen molar-refractivity contribution in [1.82, 2.24) is 14.7 Å². The first-order chi connectivity index (χ1) is 18.2. The van der Waals surface area contributed by atoms with Gasteiger partial charge in [-0.2, -0.15) is 10.4 Å². The van der Waals surface area contributed by atoms with Crippen molar-refractivity contribution in [2.24, 2.45) is 0 Å². The first kappa shape index (κ1) is 24.0. The highest BCUT2D eigenvalue weighted by Gasteiger charge is 2.22. The third kappa shape index (κ3) is 5.77. The third-order valence-electron chi connectivity index (χ3n) is 6.09. The Bertz CT molecular complexity index is 1420. The summed E-state index contributed by atoms with van der Waals surface area (Å²) in [4.78, 5) is 14.7. The van der Waals surface area contributed by atoms with E-state index in [1.165, 1.54) is 0 Å². The van der Waals surface area contributed by atoms with Gasteiger partial charge >= 0.3 is 0 Å². The maximum absolute atomic E-state index is 13.0.